The lowest BCUT2D eigenvalue weighted by Crippen LogP contribution is -2.31. The summed E-state index contributed by atoms with van der Waals surface area (Å²) in [6.07, 6.45) is 4.71. The Bertz CT molecular complexity index is 617. The molecule has 3 heterocycles. The van der Waals surface area contributed by atoms with E-state index in [1.54, 1.807) is 0 Å². The maximum absolute atomic E-state index is 12.6. The lowest BCUT2D eigenvalue weighted by molar-refractivity contribution is 0.0766. The molecule has 1 saturated heterocycles. The van der Waals surface area contributed by atoms with E-state index in [2.05, 4.69) is 5.16 Å². The Kier molecular flexibility index (Phi) is 4.10. The molecule has 1 aliphatic heterocycles. The Morgan fingerprint density at radius 1 is 1.19 bits per heavy atom. The van der Waals surface area contributed by atoms with Crippen LogP contribution in [-0.4, -0.2) is 29.1 Å². The highest BCUT2D eigenvalue weighted by Gasteiger charge is 2.21. The molecule has 2 aromatic heterocycles. The first-order valence-corrected chi connectivity index (χ1v) is 8.31. The molecular formula is C16H20N2O2S. The minimum absolute atomic E-state index is 0.167. The Morgan fingerprint density at radius 2 is 1.90 bits per heavy atom. The van der Waals surface area contributed by atoms with Crippen molar-refractivity contribution in [3.8, 4) is 10.4 Å². The van der Waals surface area contributed by atoms with Gasteiger partial charge in [0.05, 0.1) is 16.1 Å². The second-order valence-electron chi connectivity index (χ2n) is 5.57. The summed E-state index contributed by atoms with van der Waals surface area (Å²) in [5.74, 6) is 0.975. The van der Waals surface area contributed by atoms with Gasteiger partial charge in [-0.3, -0.25) is 4.79 Å². The highest BCUT2D eigenvalue weighted by molar-refractivity contribution is 7.17. The van der Waals surface area contributed by atoms with Crippen molar-refractivity contribution in [2.45, 2.75) is 39.5 Å². The predicted octanol–water partition coefficient (Wildman–Crippen LogP) is 4.04. The lowest BCUT2D eigenvalue weighted by atomic mass is 10.2. The number of hydrogen-bond acceptors (Lipinski definition) is 4. The van der Waals surface area contributed by atoms with Crippen molar-refractivity contribution in [3.63, 3.8) is 0 Å². The molecule has 4 nitrogen and oxygen atoms in total. The van der Waals surface area contributed by atoms with Gasteiger partial charge in [0, 0.05) is 18.0 Å². The number of aromatic nitrogens is 1. The normalized spacial score (nSPS) is 16.0. The van der Waals surface area contributed by atoms with Crippen molar-refractivity contribution in [2.24, 2.45) is 0 Å². The van der Waals surface area contributed by atoms with Crippen molar-refractivity contribution < 1.29 is 9.32 Å². The van der Waals surface area contributed by atoms with Gasteiger partial charge in [-0.25, -0.2) is 0 Å². The average Bonchev–Trinajstić information content (AvgIpc) is 2.95. The SMILES string of the molecule is Cc1noc(C)c1-c1ccc(C(=O)N2CCCCCC2)s1. The van der Waals surface area contributed by atoms with E-state index < -0.39 is 0 Å². The van der Waals surface area contributed by atoms with Gasteiger partial charge in [-0.05, 0) is 38.8 Å². The van der Waals surface area contributed by atoms with Crippen molar-refractivity contribution in [1.29, 1.82) is 0 Å². The summed E-state index contributed by atoms with van der Waals surface area (Å²) in [6, 6.07) is 3.93. The van der Waals surface area contributed by atoms with Crippen LogP contribution in [0.5, 0.6) is 0 Å². The molecule has 0 radical (unpaired) electrons. The number of carbonyl (C=O) groups is 1. The zero-order chi connectivity index (χ0) is 14.8. The molecule has 0 bridgehead atoms. The van der Waals surface area contributed by atoms with Gasteiger partial charge in [0.2, 0.25) is 0 Å². The van der Waals surface area contributed by atoms with Crippen LogP contribution in [0.2, 0.25) is 0 Å². The van der Waals surface area contributed by atoms with Crippen molar-refractivity contribution in [2.75, 3.05) is 13.1 Å². The van der Waals surface area contributed by atoms with Crippen LogP contribution in [0, 0.1) is 13.8 Å². The molecule has 3 rings (SSSR count). The standard InChI is InChI=1S/C16H20N2O2S/c1-11-15(12(2)20-17-11)13-7-8-14(21-13)16(19)18-9-5-3-4-6-10-18/h7-8H,3-6,9-10H2,1-2H3. The van der Waals surface area contributed by atoms with Crippen LogP contribution >= 0.6 is 11.3 Å². The third kappa shape index (κ3) is 2.88. The number of nitrogens with zero attached hydrogens (tertiary/aromatic N) is 2. The number of hydrogen-bond donors (Lipinski definition) is 0. The molecule has 21 heavy (non-hydrogen) atoms. The maximum Gasteiger partial charge on any atom is 0.263 e. The van der Waals surface area contributed by atoms with E-state index in [0.717, 1.165) is 52.7 Å². The third-order valence-corrected chi connectivity index (χ3v) is 5.08. The fourth-order valence-corrected chi connectivity index (χ4v) is 3.97. The van der Waals surface area contributed by atoms with Crippen LogP contribution < -0.4 is 0 Å². The van der Waals surface area contributed by atoms with E-state index in [1.165, 1.54) is 24.2 Å². The molecule has 112 valence electrons. The Balaban J connectivity index is 1.83. The summed E-state index contributed by atoms with van der Waals surface area (Å²) in [6.45, 7) is 5.61. The molecule has 1 fully saturated rings. The van der Waals surface area contributed by atoms with Crippen LogP contribution in [0.4, 0.5) is 0 Å². The summed E-state index contributed by atoms with van der Waals surface area (Å²) in [5, 5.41) is 3.99. The van der Waals surface area contributed by atoms with Gasteiger partial charge in [-0.15, -0.1) is 11.3 Å². The minimum atomic E-state index is 0.167. The quantitative estimate of drug-likeness (QED) is 0.841. The summed E-state index contributed by atoms with van der Waals surface area (Å²) in [5.41, 5.74) is 1.90. The number of thiophene rings is 1. The molecule has 0 aliphatic carbocycles. The van der Waals surface area contributed by atoms with Crippen LogP contribution in [0.3, 0.4) is 0 Å². The summed E-state index contributed by atoms with van der Waals surface area (Å²) < 4.78 is 5.21. The number of amides is 1. The highest BCUT2D eigenvalue weighted by Crippen LogP contribution is 2.33. The van der Waals surface area contributed by atoms with Gasteiger partial charge in [-0.1, -0.05) is 18.0 Å². The van der Waals surface area contributed by atoms with Crippen LogP contribution in [0.25, 0.3) is 10.4 Å². The largest absolute Gasteiger partial charge is 0.361 e. The molecule has 5 heteroatoms. The average molecular weight is 304 g/mol. The number of aryl methyl sites for hydroxylation is 2. The van der Waals surface area contributed by atoms with Crippen LogP contribution in [0.15, 0.2) is 16.7 Å². The Labute approximate surface area is 128 Å². The minimum Gasteiger partial charge on any atom is -0.361 e. The van der Waals surface area contributed by atoms with Gasteiger partial charge in [-0.2, -0.15) is 0 Å². The topological polar surface area (TPSA) is 46.3 Å². The zero-order valence-corrected chi connectivity index (χ0v) is 13.3. The smallest absolute Gasteiger partial charge is 0.263 e. The third-order valence-electron chi connectivity index (χ3n) is 3.99. The predicted molar refractivity (Wildman–Crippen MR) is 83.7 cm³/mol. The first-order chi connectivity index (χ1) is 10.2. The molecular weight excluding hydrogens is 284 g/mol. The Morgan fingerprint density at radius 3 is 2.52 bits per heavy atom. The summed E-state index contributed by atoms with van der Waals surface area (Å²) in [4.78, 5) is 16.5. The van der Waals surface area contributed by atoms with Crippen molar-refractivity contribution in [1.82, 2.24) is 10.1 Å². The summed E-state index contributed by atoms with van der Waals surface area (Å²) in [7, 11) is 0. The van der Waals surface area contributed by atoms with Crippen molar-refractivity contribution >= 4 is 17.2 Å². The van der Waals surface area contributed by atoms with E-state index in [9.17, 15) is 4.79 Å². The van der Waals surface area contributed by atoms with Crippen LogP contribution in [-0.2, 0) is 0 Å². The van der Waals surface area contributed by atoms with Crippen molar-refractivity contribution in [3.05, 3.63) is 28.5 Å². The molecule has 0 N–H and O–H groups in total. The van der Waals surface area contributed by atoms with Gasteiger partial charge in [0.1, 0.15) is 5.76 Å². The first-order valence-electron chi connectivity index (χ1n) is 7.49. The summed E-state index contributed by atoms with van der Waals surface area (Å²) >= 11 is 1.54. The van der Waals surface area contributed by atoms with Gasteiger partial charge in [0.25, 0.3) is 5.91 Å². The lowest BCUT2D eigenvalue weighted by Gasteiger charge is -2.19. The van der Waals surface area contributed by atoms with E-state index in [-0.39, 0.29) is 5.91 Å². The van der Waals surface area contributed by atoms with Gasteiger partial charge >= 0.3 is 0 Å². The second kappa shape index (κ2) is 6.02. The molecule has 0 atom stereocenters. The number of rotatable bonds is 2. The van der Waals surface area contributed by atoms with Gasteiger partial charge < -0.3 is 9.42 Å². The van der Waals surface area contributed by atoms with E-state index in [1.807, 2.05) is 30.9 Å². The zero-order valence-electron chi connectivity index (χ0n) is 12.5. The van der Waals surface area contributed by atoms with Gasteiger partial charge in [0.15, 0.2) is 0 Å². The molecule has 0 unspecified atom stereocenters. The van der Waals surface area contributed by atoms with E-state index >= 15 is 0 Å². The molecule has 1 amide bonds. The van der Waals surface area contributed by atoms with Crippen LogP contribution in [0.1, 0.15) is 46.8 Å². The molecule has 2 aromatic rings. The molecule has 1 aliphatic rings. The number of carbonyl (C=O) groups excluding carboxylic acids is 1. The van der Waals surface area contributed by atoms with E-state index in [4.69, 9.17) is 4.52 Å². The fraction of sp³-hybridized carbons (Fsp3) is 0.500. The second-order valence-corrected chi connectivity index (χ2v) is 6.65. The highest BCUT2D eigenvalue weighted by atomic mass is 32.1. The fourth-order valence-electron chi connectivity index (χ4n) is 2.85. The number of likely N-dealkylation sites (tertiary alicyclic amines) is 1. The molecule has 0 saturated carbocycles. The molecule has 0 spiro atoms. The van der Waals surface area contributed by atoms with E-state index in [0.29, 0.717) is 0 Å². The molecule has 0 aromatic carbocycles. The monoisotopic (exact) mass is 304 g/mol. The first kappa shape index (κ1) is 14.3. The Hall–Kier alpha value is -1.62. The maximum atomic E-state index is 12.6.